The van der Waals surface area contributed by atoms with Crippen LogP contribution in [0, 0.1) is 0 Å². The number of carbonyl (C=O) groups excluding carboxylic acids is 1. The van der Waals surface area contributed by atoms with Crippen molar-refractivity contribution in [3.63, 3.8) is 0 Å². The number of hydrogen-bond acceptors (Lipinski definition) is 7. The Hall–Kier alpha value is -3.42. The van der Waals surface area contributed by atoms with E-state index < -0.39 is 0 Å². The molecule has 0 bridgehead atoms. The zero-order valence-corrected chi connectivity index (χ0v) is 15.8. The normalized spacial score (nSPS) is 15.6. The second kappa shape index (κ2) is 7.67. The van der Waals surface area contributed by atoms with Crippen molar-refractivity contribution in [1.29, 1.82) is 0 Å². The first kappa shape index (κ1) is 18.0. The SMILES string of the molecule is CN(C)c1ncc2c(n1)CCC[C@H]2NC(=O)c1cnc(-c2ccccn2)nc1. The third-order valence-corrected chi connectivity index (χ3v) is 4.68. The topological polar surface area (TPSA) is 96.8 Å². The molecular formula is C20H21N7O. The van der Waals surface area contributed by atoms with Gasteiger partial charge >= 0.3 is 0 Å². The number of nitrogens with one attached hydrogen (secondary N) is 1. The number of amides is 1. The van der Waals surface area contributed by atoms with Gasteiger partial charge in [0.15, 0.2) is 5.82 Å². The van der Waals surface area contributed by atoms with E-state index in [-0.39, 0.29) is 11.9 Å². The van der Waals surface area contributed by atoms with Crippen LogP contribution < -0.4 is 10.2 Å². The maximum atomic E-state index is 12.7. The standard InChI is InChI=1S/C20H21N7O/c1-27(2)20-24-12-14-15(7-5-8-16(14)26-20)25-19(28)13-10-22-18(23-11-13)17-6-3-4-9-21-17/h3-4,6,9-12,15H,5,7-8H2,1-2H3,(H,25,28)/t15-/m1/s1. The van der Waals surface area contributed by atoms with E-state index in [1.807, 2.05) is 43.4 Å². The van der Waals surface area contributed by atoms with Gasteiger partial charge in [-0.2, -0.15) is 0 Å². The van der Waals surface area contributed by atoms with Gasteiger partial charge in [-0.05, 0) is 31.4 Å². The van der Waals surface area contributed by atoms with Crippen LogP contribution in [0.15, 0.2) is 43.0 Å². The minimum Gasteiger partial charge on any atom is -0.347 e. The third-order valence-electron chi connectivity index (χ3n) is 4.68. The van der Waals surface area contributed by atoms with Gasteiger partial charge in [0.1, 0.15) is 5.69 Å². The number of pyridine rings is 1. The second-order valence-electron chi connectivity index (χ2n) is 6.90. The Labute approximate surface area is 163 Å². The first-order valence-corrected chi connectivity index (χ1v) is 9.19. The summed E-state index contributed by atoms with van der Waals surface area (Å²) in [5, 5.41) is 3.07. The molecule has 1 N–H and O–H groups in total. The number of nitrogens with zero attached hydrogens (tertiary/aromatic N) is 6. The number of anilines is 1. The van der Waals surface area contributed by atoms with Crippen molar-refractivity contribution in [2.45, 2.75) is 25.3 Å². The summed E-state index contributed by atoms with van der Waals surface area (Å²) < 4.78 is 0. The van der Waals surface area contributed by atoms with Crippen molar-refractivity contribution in [3.05, 3.63) is 59.8 Å². The van der Waals surface area contributed by atoms with E-state index >= 15 is 0 Å². The monoisotopic (exact) mass is 375 g/mol. The molecule has 0 radical (unpaired) electrons. The van der Waals surface area contributed by atoms with E-state index in [9.17, 15) is 4.79 Å². The zero-order valence-electron chi connectivity index (χ0n) is 15.8. The predicted octanol–water partition coefficient (Wildman–Crippen LogP) is 2.20. The molecule has 4 rings (SSSR count). The summed E-state index contributed by atoms with van der Waals surface area (Å²) in [5.74, 6) is 0.969. The van der Waals surface area contributed by atoms with Crippen LogP contribution in [0.1, 0.15) is 40.5 Å². The summed E-state index contributed by atoms with van der Waals surface area (Å²) in [6, 6.07) is 5.42. The van der Waals surface area contributed by atoms with Crippen molar-refractivity contribution in [2.75, 3.05) is 19.0 Å². The van der Waals surface area contributed by atoms with Gasteiger partial charge in [0, 0.05) is 44.4 Å². The van der Waals surface area contributed by atoms with E-state index in [1.54, 1.807) is 6.20 Å². The number of fused-ring (bicyclic) bond motifs is 1. The lowest BCUT2D eigenvalue weighted by Crippen LogP contribution is -2.32. The maximum Gasteiger partial charge on any atom is 0.254 e. The fourth-order valence-corrected chi connectivity index (χ4v) is 3.22. The number of hydrogen-bond donors (Lipinski definition) is 1. The Morgan fingerprint density at radius 2 is 1.93 bits per heavy atom. The highest BCUT2D eigenvalue weighted by Crippen LogP contribution is 2.29. The molecule has 0 fully saturated rings. The minimum atomic E-state index is -0.206. The largest absolute Gasteiger partial charge is 0.347 e. The molecule has 0 saturated carbocycles. The Kier molecular flexibility index (Phi) is 4.92. The van der Waals surface area contributed by atoms with Gasteiger partial charge in [-0.25, -0.2) is 19.9 Å². The Balaban J connectivity index is 1.50. The molecule has 0 aromatic carbocycles. The van der Waals surface area contributed by atoms with Crippen LogP contribution >= 0.6 is 0 Å². The average Bonchev–Trinajstić information content (AvgIpc) is 2.74. The van der Waals surface area contributed by atoms with Gasteiger partial charge in [-0.1, -0.05) is 6.07 Å². The number of aryl methyl sites for hydroxylation is 1. The summed E-state index contributed by atoms with van der Waals surface area (Å²) in [7, 11) is 3.83. The highest BCUT2D eigenvalue weighted by Gasteiger charge is 2.24. The Morgan fingerprint density at radius 3 is 2.64 bits per heavy atom. The fourth-order valence-electron chi connectivity index (χ4n) is 3.22. The Morgan fingerprint density at radius 1 is 1.11 bits per heavy atom. The summed E-state index contributed by atoms with van der Waals surface area (Å²) in [6.07, 6.45) is 9.29. The van der Waals surface area contributed by atoms with Gasteiger partial charge in [-0.15, -0.1) is 0 Å². The van der Waals surface area contributed by atoms with E-state index in [0.29, 0.717) is 23.0 Å². The molecular weight excluding hydrogens is 354 g/mol. The number of carbonyl (C=O) groups is 1. The molecule has 8 heteroatoms. The lowest BCUT2D eigenvalue weighted by molar-refractivity contribution is 0.0932. The van der Waals surface area contributed by atoms with Crippen molar-refractivity contribution in [1.82, 2.24) is 30.2 Å². The number of rotatable bonds is 4. The van der Waals surface area contributed by atoms with Crippen molar-refractivity contribution in [2.24, 2.45) is 0 Å². The van der Waals surface area contributed by atoms with Gasteiger partial charge in [-0.3, -0.25) is 9.78 Å². The smallest absolute Gasteiger partial charge is 0.254 e. The molecule has 1 aliphatic carbocycles. The van der Waals surface area contributed by atoms with Gasteiger partial charge < -0.3 is 10.2 Å². The summed E-state index contributed by atoms with van der Waals surface area (Å²) in [6.45, 7) is 0. The van der Waals surface area contributed by atoms with Crippen molar-refractivity contribution in [3.8, 4) is 11.5 Å². The molecule has 3 aromatic rings. The predicted molar refractivity (Wildman–Crippen MR) is 105 cm³/mol. The zero-order chi connectivity index (χ0) is 19.5. The first-order valence-electron chi connectivity index (χ1n) is 9.19. The fraction of sp³-hybridized carbons (Fsp3) is 0.300. The Bertz CT molecular complexity index is 974. The van der Waals surface area contributed by atoms with E-state index in [2.05, 4.69) is 30.2 Å². The first-order chi connectivity index (χ1) is 13.6. The molecule has 3 heterocycles. The van der Waals surface area contributed by atoms with Crippen LogP contribution in [0.2, 0.25) is 0 Å². The van der Waals surface area contributed by atoms with Crippen LogP contribution in [0.5, 0.6) is 0 Å². The van der Waals surface area contributed by atoms with Crippen molar-refractivity contribution < 1.29 is 4.79 Å². The molecule has 0 aliphatic heterocycles. The summed E-state index contributed by atoms with van der Waals surface area (Å²) in [5.41, 5.74) is 3.07. The van der Waals surface area contributed by atoms with Gasteiger partial charge in [0.05, 0.1) is 17.3 Å². The highest BCUT2D eigenvalue weighted by atomic mass is 16.1. The molecule has 3 aromatic heterocycles. The van der Waals surface area contributed by atoms with Crippen LogP contribution in [-0.4, -0.2) is 44.9 Å². The van der Waals surface area contributed by atoms with E-state index in [4.69, 9.17) is 0 Å². The number of aromatic nitrogens is 5. The molecule has 1 amide bonds. The molecule has 1 atom stereocenters. The summed E-state index contributed by atoms with van der Waals surface area (Å²) in [4.78, 5) is 36.4. The van der Waals surface area contributed by atoms with E-state index in [0.717, 1.165) is 30.5 Å². The second-order valence-corrected chi connectivity index (χ2v) is 6.90. The van der Waals surface area contributed by atoms with Crippen LogP contribution in [0.25, 0.3) is 11.5 Å². The lowest BCUT2D eigenvalue weighted by Gasteiger charge is -2.26. The van der Waals surface area contributed by atoms with Gasteiger partial charge in [0.25, 0.3) is 5.91 Å². The third kappa shape index (κ3) is 3.66. The average molecular weight is 375 g/mol. The van der Waals surface area contributed by atoms with Crippen LogP contribution in [0.3, 0.4) is 0 Å². The molecule has 0 spiro atoms. The van der Waals surface area contributed by atoms with E-state index in [1.165, 1.54) is 12.4 Å². The molecule has 1 aliphatic rings. The molecule has 0 unspecified atom stereocenters. The summed E-state index contributed by atoms with van der Waals surface area (Å²) >= 11 is 0. The molecule has 142 valence electrons. The minimum absolute atomic E-state index is 0.108. The molecule has 8 nitrogen and oxygen atoms in total. The maximum absolute atomic E-state index is 12.7. The van der Waals surface area contributed by atoms with Crippen molar-refractivity contribution >= 4 is 11.9 Å². The lowest BCUT2D eigenvalue weighted by atomic mass is 9.92. The highest BCUT2D eigenvalue weighted by molar-refractivity contribution is 5.94. The van der Waals surface area contributed by atoms with Crippen LogP contribution in [-0.2, 0) is 6.42 Å². The van der Waals surface area contributed by atoms with Gasteiger partial charge in [0.2, 0.25) is 5.95 Å². The quantitative estimate of drug-likeness (QED) is 0.746. The van der Waals surface area contributed by atoms with Crippen LogP contribution in [0.4, 0.5) is 5.95 Å². The molecule has 0 saturated heterocycles. The molecule has 28 heavy (non-hydrogen) atoms.